The van der Waals surface area contributed by atoms with E-state index in [0.29, 0.717) is 32.6 Å². The quantitative estimate of drug-likeness (QED) is 0.206. The number of rotatable bonds is 11. The first-order valence-electron chi connectivity index (χ1n) is 12.5. The van der Waals surface area contributed by atoms with Crippen LogP contribution < -0.4 is 21.7 Å². The highest BCUT2D eigenvalue weighted by atomic mass is 16.6. The molecule has 0 aromatic heterocycles. The number of carbonyl (C=O) groups is 1. The third kappa shape index (κ3) is 8.26. The van der Waals surface area contributed by atoms with Gasteiger partial charge in [-0.05, 0) is 35.1 Å². The van der Waals surface area contributed by atoms with Crippen LogP contribution in [-0.4, -0.2) is 72.0 Å². The number of nitrogens with two attached hydrogens (primary N) is 1. The minimum atomic E-state index is -1.04. The van der Waals surface area contributed by atoms with E-state index < -0.39 is 24.5 Å². The van der Waals surface area contributed by atoms with Crippen LogP contribution in [0.3, 0.4) is 0 Å². The van der Waals surface area contributed by atoms with Gasteiger partial charge >= 0.3 is 6.03 Å². The van der Waals surface area contributed by atoms with Crippen LogP contribution in [0.25, 0.3) is 0 Å². The van der Waals surface area contributed by atoms with Crippen LogP contribution in [0.2, 0.25) is 0 Å². The van der Waals surface area contributed by atoms with E-state index in [2.05, 4.69) is 41.6 Å². The molecule has 3 rings (SSSR count). The van der Waals surface area contributed by atoms with E-state index in [9.17, 15) is 15.0 Å². The fraction of sp³-hybridized carbons (Fsp3) is 0.519. The third-order valence-corrected chi connectivity index (χ3v) is 6.31. The lowest BCUT2D eigenvalue weighted by Gasteiger charge is -2.27. The van der Waals surface area contributed by atoms with Crippen molar-refractivity contribution in [1.82, 2.24) is 15.5 Å². The summed E-state index contributed by atoms with van der Waals surface area (Å²) in [5.74, 6) is 0. The van der Waals surface area contributed by atoms with Gasteiger partial charge in [0, 0.05) is 38.5 Å². The number of hydrogen-bond donors (Lipinski definition) is 6. The van der Waals surface area contributed by atoms with Gasteiger partial charge in [-0.15, -0.1) is 0 Å². The minimum Gasteiger partial charge on any atom is -0.387 e. The molecular formula is C27H41N5O4. The van der Waals surface area contributed by atoms with Crippen LogP contribution >= 0.6 is 0 Å². The Labute approximate surface area is 214 Å². The molecule has 0 radical (unpaired) electrons. The van der Waals surface area contributed by atoms with Crippen molar-refractivity contribution in [2.75, 3.05) is 31.6 Å². The topological polar surface area (TPSA) is 132 Å². The van der Waals surface area contributed by atoms with Crippen LogP contribution in [-0.2, 0) is 16.7 Å². The molecule has 0 aliphatic carbocycles. The molecule has 0 saturated carbocycles. The molecule has 36 heavy (non-hydrogen) atoms. The number of benzene rings is 2. The third-order valence-electron chi connectivity index (χ3n) is 6.31. The van der Waals surface area contributed by atoms with Crippen molar-refractivity contribution in [3.63, 3.8) is 0 Å². The van der Waals surface area contributed by atoms with E-state index >= 15 is 0 Å². The van der Waals surface area contributed by atoms with E-state index in [1.807, 2.05) is 54.6 Å². The number of aliphatic hydroxyl groups excluding tert-OH is 2. The largest absolute Gasteiger partial charge is 0.387 e. The molecule has 7 N–H and O–H groups in total. The Morgan fingerprint density at radius 2 is 1.75 bits per heavy atom. The molecular weight excluding hydrogens is 458 g/mol. The second kappa shape index (κ2) is 13.1. The average Bonchev–Trinajstić information content (AvgIpc) is 3.10. The Hall–Kier alpha value is -2.53. The summed E-state index contributed by atoms with van der Waals surface area (Å²) in [4.78, 5) is 14.5. The summed E-state index contributed by atoms with van der Waals surface area (Å²) in [5, 5.41) is 29.3. The standard InChI is InChI=1S/C27H41N5O4/c1-27(2,3)20-10-12-21(13-11-20)31-26(35)29-14-7-15-32(16-19-8-5-4-6-9-19)17-22-23(33)24(34)25(36-22)30-18-28/h4-6,8-13,22-25,30,33-34H,7,14-18,28H2,1-3H3,(H2,29,31,35)/t22-,23-,24-,25-/m1/s1. The van der Waals surface area contributed by atoms with Crippen molar-refractivity contribution in [2.24, 2.45) is 5.73 Å². The van der Waals surface area contributed by atoms with Gasteiger partial charge in [0.1, 0.15) is 24.5 Å². The predicted molar refractivity (Wildman–Crippen MR) is 141 cm³/mol. The molecule has 0 unspecified atom stereocenters. The molecule has 9 nitrogen and oxygen atoms in total. The molecule has 0 spiro atoms. The van der Waals surface area contributed by atoms with Gasteiger partial charge < -0.3 is 31.3 Å². The summed E-state index contributed by atoms with van der Waals surface area (Å²) in [5.41, 5.74) is 8.66. The summed E-state index contributed by atoms with van der Waals surface area (Å²) in [6.45, 7) is 8.86. The SMILES string of the molecule is CC(C)(C)c1ccc(NC(=O)NCCCN(Cc2ccccc2)C[C@H]2O[C@@H](NCN)[C@H](O)[C@@H]2O)cc1. The van der Waals surface area contributed by atoms with Gasteiger partial charge in [0.05, 0.1) is 0 Å². The highest BCUT2D eigenvalue weighted by Gasteiger charge is 2.42. The monoisotopic (exact) mass is 499 g/mol. The smallest absolute Gasteiger partial charge is 0.319 e. The molecule has 4 atom stereocenters. The number of urea groups is 1. The Balaban J connectivity index is 1.49. The molecule has 198 valence electrons. The van der Waals surface area contributed by atoms with Gasteiger partial charge in [0.25, 0.3) is 0 Å². The molecule has 9 heteroatoms. The number of nitrogens with one attached hydrogen (secondary N) is 3. The maximum absolute atomic E-state index is 12.4. The van der Waals surface area contributed by atoms with E-state index in [0.717, 1.165) is 11.3 Å². The van der Waals surface area contributed by atoms with Gasteiger partial charge in [-0.25, -0.2) is 4.79 Å². The Kier molecular flexibility index (Phi) is 10.2. The molecule has 0 bridgehead atoms. The average molecular weight is 500 g/mol. The maximum Gasteiger partial charge on any atom is 0.319 e. The Morgan fingerprint density at radius 1 is 1.06 bits per heavy atom. The number of amides is 2. The zero-order valence-corrected chi connectivity index (χ0v) is 21.5. The number of aliphatic hydroxyl groups is 2. The van der Waals surface area contributed by atoms with E-state index in [1.54, 1.807) is 0 Å². The molecule has 1 heterocycles. The number of ether oxygens (including phenoxy) is 1. The van der Waals surface area contributed by atoms with E-state index in [1.165, 1.54) is 5.56 Å². The Morgan fingerprint density at radius 3 is 2.39 bits per heavy atom. The van der Waals surface area contributed by atoms with E-state index in [-0.39, 0.29) is 18.1 Å². The lowest BCUT2D eigenvalue weighted by Crippen LogP contribution is -2.43. The van der Waals surface area contributed by atoms with Gasteiger partial charge in [-0.1, -0.05) is 63.2 Å². The molecule has 2 aromatic rings. The molecule has 2 amide bonds. The normalized spacial score (nSPS) is 22.1. The van der Waals surface area contributed by atoms with Crippen LogP contribution in [0.4, 0.5) is 10.5 Å². The highest BCUT2D eigenvalue weighted by molar-refractivity contribution is 5.89. The molecule has 2 aromatic carbocycles. The molecule has 1 aliphatic heterocycles. The van der Waals surface area contributed by atoms with Crippen LogP contribution in [0.5, 0.6) is 0 Å². The fourth-order valence-electron chi connectivity index (χ4n) is 4.25. The van der Waals surface area contributed by atoms with Crippen LogP contribution in [0.15, 0.2) is 54.6 Å². The van der Waals surface area contributed by atoms with Crippen LogP contribution in [0, 0.1) is 0 Å². The maximum atomic E-state index is 12.4. The zero-order chi connectivity index (χ0) is 26.1. The lowest BCUT2D eigenvalue weighted by molar-refractivity contribution is -0.0247. The number of nitrogens with zero attached hydrogens (tertiary/aromatic N) is 1. The van der Waals surface area contributed by atoms with Crippen molar-refractivity contribution < 1.29 is 19.7 Å². The summed E-state index contributed by atoms with van der Waals surface area (Å²) in [6, 6.07) is 17.7. The minimum absolute atomic E-state index is 0.0614. The van der Waals surface area contributed by atoms with Crippen molar-refractivity contribution in [3.8, 4) is 0 Å². The second-order valence-corrected chi connectivity index (χ2v) is 10.3. The highest BCUT2D eigenvalue weighted by Crippen LogP contribution is 2.24. The molecule has 1 fully saturated rings. The van der Waals surface area contributed by atoms with Gasteiger partial charge in [-0.2, -0.15) is 0 Å². The number of anilines is 1. The summed E-state index contributed by atoms with van der Waals surface area (Å²) < 4.78 is 5.82. The number of carbonyl (C=O) groups excluding carboxylic acids is 1. The van der Waals surface area contributed by atoms with Crippen LogP contribution in [0.1, 0.15) is 38.3 Å². The molecule has 1 aliphatic rings. The lowest BCUT2D eigenvalue weighted by atomic mass is 9.87. The summed E-state index contributed by atoms with van der Waals surface area (Å²) >= 11 is 0. The first-order chi connectivity index (χ1) is 17.2. The van der Waals surface area contributed by atoms with Crippen molar-refractivity contribution in [1.29, 1.82) is 0 Å². The van der Waals surface area contributed by atoms with Crippen molar-refractivity contribution >= 4 is 11.7 Å². The van der Waals surface area contributed by atoms with Gasteiger partial charge in [0.15, 0.2) is 0 Å². The number of hydrogen-bond acceptors (Lipinski definition) is 7. The molecule has 1 saturated heterocycles. The summed E-state index contributed by atoms with van der Waals surface area (Å²) in [7, 11) is 0. The Bertz CT molecular complexity index is 935. The fourth-order valence-corrected chi connectivity index (χ4v) is 4.25. The predicted octanol–water partition coefficient (Wildman–Crippen LogP) is 1.95. The van der Waals surface area contributed by atoms with E-state index in [4.69, 9.17) is 10.5 Å². The van der Waals surface area contributed by atoms with Gasteiger partial charge in [-0.3, -0.25) is 10.2 Å². The zero-order valence-electron chi connectivity index (χ0n) is 21.5. The first kappa shape index (κ1) is 28.0. The second-order valence-electron chi connectivity index (χ2n) is 10.3. The van der Waals surface area contributed by atoms with Crippen molar-refractivity contribution in [2.45, 2.75) is 63.7 Å². The van der Waals surface area contributed by atoms with Crippen molar-refractivity contribution in [3.05, 3.63) is 65.7 Å². The van der Waals surface area contributed by atoms with Gasteiger partial charge in [0.2, 0.25) is 0 Å². The first-order valence-corrected chi connectivity index (χ1v) is 12.5. The summed E-state index contributed by atoms with van der Waals surface area (Å²) in [6.07, 6.45) is -2.60.